The number of halogens is 1. The van der Waals surface area contributed by atoms with Gasteiger partial charge in [0.1, 0.15) is 11.6 Å². The van der Waals surface area contributed by atoms with E-state index in [1.165, 1.54) is 23.5 Å². The van der Waals surface area contributed by atoms with Crippen molar-refractivity contribution in [3.8, 4) is 5.75 Å². The number of fused-ring (bicyclic) bond motifs is 6. The SMILES string of the molecule is COc1cccc([C@H](C)Nc2nc3c4ccc(F)cc4c4c(=O)[nH]ccc4c3s2)c1. The van der Waals surface area contributed by atoms with Gasteiger partial charge >= 0.3 is 0 Å². The number of pyridine rings is 1. The van der Waals surface area contributed by atoms with Gasteiger partial charge < -0.3 is 15.0 Å². The lowest BCUT2D eigenvalue weighted by Gasteiger charge is -2.14. The third kappa shape index (κ3) is 2.98. The monoisotopic (exact) mass is 419 g/mol. The van der Waals surface area contributed by atoms with Gasteiger partial charge in [-0.3, -0.25) is 4.79 Å². The zero-order chi connectivity index (χ0) is 20.8. The van der Waals surface area contributed by atoms with Gasteiger partial charge in [-0.2, -0.15) is 0 Å². The van der Waals surface area contributed by atoms with Gasteiger partial charge in [0.25, 0.3) is 5.56 Å². The summed E-state index contributed by atoms with van der Waals surface area (Å²) in [6.07, 6.45) is 1.61. The fraction of sp³-hybridized carbons (Fsp3) is 0.130. The van der Waals surface area contributed by atoms with E-state index in [0.717, 1.165) is 37.4 Å². The lowest BCUT2D eigenvalue weighted by atomic mass is 10.0. The lowest BCUT2D eigenvalue weighted by Crippen LogP contribution is -2.06. The Kier molecular flexibility index (Phi) is 4.40. The summed E-state index contributed by atoms with van der Waals surface area (Å²) in [5, 5.41) is 6.76. The van der Waals surface area contributed by atoms with Crippen LogP contribution in [0.3, 0.4) is 0 Å². The highest BCUT2D eigenvalue weighted by molar-refractivity contribution is 7.23. The molecule has 0 unspecified atom stereocenters. The molecule has 0 radical (unpaired) electrons. The van der Waals surface area contributed by atoms with E-state index in [4.69, 9.17) is 9.72 Å². The summed E-state index contributed by atoms with van der Waals surface area (Å²) in [6.45, 7) is 2.05. The molecule has 0 fully saturated rings. The zero-order valence-electron chi connectivity index (χ0n) is 16.3. The first kappa shape index (κ1) is 18.6. The molecule has 2 N–H and O–H groups in total. The minimum Gasteiger partial charge on any atom is -0.497 e. The van der Waals surface area contributed by atoms with Gasteiger partial charge in [-0.25, -0.2) is 9.37 Å². The Morgan fingerprint density at radius 1 is 1.13 bits per heavy atom. The lowest BCUT2D eigenvalue weighted by molar-refractivity contribution is 0.414. The van der Waals surface area contributed by atoms with E-state index in [1.54, 1.807) is 19.4 Å². The Hall–Kier alpha value is -3.45. The predicted molar refractivity (Wildman–Crippen MR) is 120 cm³/mol. The average molecular weight is 419 g/mol. The summed E-state index contributed by atoms with van der Waals surface area (Å²) in [7, 11) is 1.64. The molecule has 0 amide bonds. The third-order valence-electron chi connectivity index (χ3n) is 5.27. The number of ether oxygens (including phenoxy) is 1. The Morgan fingerprint density at radius 2 is 2.00 bits per heavy atom. The van der Waals surface area contributed by atoms with E-state index in [9.17, 15) is 9.18 Å². The van der Waals surface area contributed by atoms with E-state index in [2.05, 4.69) is 17.2 Å². The molecule has 150 valence electrons. The molecule has 5 nitrogen and oxygen atoms in total. The van der Waals surface area contributed by atoms with Crippen molar-refractivity contribution in [1.29, 1.82) is 0 Å². The maximum absolute atomic E-state index is 14.0. The van der Waals surface area contributed by atoms with E-state index >= 15 is 0 Å². The largest absolute Gasteiger partial charge is 0.497 e. The molecule has 0 aliphatic rings. The van der Waals surface area contributed by atoms with Crippen molar-refractivity contribution in [2.45, 2.75) is 13.0 Å². The molecule has 30 heavy (non-hydrogen) atoms. The van der Waals surface area contributed by atoms with Crippen molar-refractivity contribution in [3.05, 3.63) is 76.5 Å². The maximum atomic E-state index is 14.0. The molecular formula is C23H18FN3O2S. The number of nitrogens with zero attached hydrogens (tertiary/aromatic N) is 1. The summed E-state index contributed by atoms with van der Waals surface area (Å²) in [4.78, 5) is 20.1. The third-order valence-corrected chi connectivity index (χ3v) is 6.29. The topological polar surface area (TPSA) is 67.0 Å². The van der Waals surface area contributed by atoms with Gasteiger partial charge in [0.2, 0.25) is 0 Å². The summed E-state index contributed by atoms with van der Waals surface area (Å²) in [6, 6.07) is 14.2. The maximum Gasteiger partial charge on any atom is 0.256 e. The summed E-state index contributed by atoms with van der Waals surface area (Å²) < 4.78 is 20.2. The number of anilines is 1. The molecule has 0 aliphatic carbocycles. The number of nitrogens with one attached hydrogen (secondary N) is 2. The first-order chi connectivity index (χ1) is 14.5. The second-order valence-electron chi connectivity index (χ2n) is 7.12. The van der Waals surface area contributed by atoms with Crippen molar-refractivity contribution in [2.24, 2.45) is 0 Å². The van der Waals surface area contributed by atoms with Gasteiger partial charge in [0.05, 0.1) is 28.8 Å². The van der Waals surface area contributed by atoms with Crippen LogP contribution in [-0.2, 0) is 0 Å². The van der Waals surface area contributed by atoms with Crippen LogP contribution >= 0.6 is 11.3 Å². The molecule has 5 rings (SSSR count). The van der Waals surface area contributed by atoms with Crippen LogP contribution in [0.2, 0.25) is 0 Å². The molecule has 0 bridgehead atoms. The molecule has 0 spiro atoms. The van der Waals surface area contributed by atoms with Crippen molar-refractivity contribution >= 4 is 48.2 Å². The minimum absolute atomic E-state index is 0.000891. The van der Waals surface area contributed by atoms with E-state index in [-0.39, 0.29) is 17.4 Å². The summed E-state index contributed by atoms with van der Waals surface area (Å²) in [5.74, 6) is 0.412. The van der Waals surface area contributed by atoms with Crippen LogP contribution in [0.25, 0.3) is 31.8 Å². The highest BCUT2D eigenvalue weighted by Gasteiger charge is 2.17. The summed E-state index contributed by atoms with van der Waals surface area (Å²) >= 11 is 1.49. The van der Waals surface area contributed by atoms with Gasteiger partial charge in [0.15, 0.2) is 5.13 Å². The molecule has 5 aromatic rings. The van der Waals surface area contributed by atoms with Crippen LogP contribution in [0.4, 0.5) is 9.52 Å². The fourth-order valence-corrected chi connectivity index (χ4v) is 4.89. The quantitative estimate of drug-likeness (QED) is 0.372. The van der Waals surface area contributed by atoms with Gasteiger partial charge in [-0.15, -0.1) is 0 Å². The predicted octanol–water partition coefficient (Wildman–Crippen LogP) is 5.61. The molecule has 0 aliphatic heterocycles. The number of thiazole rings is 1. The highest BCUT2D eigenvalue weighted by Crippen LogP contribution is 2.39. The number of methoxy groups -OCH3 is 1. The second-order valence-corrected chi connectivity index (χ2v) is 8.12. The molecule has 2 aromatic heterocycles. The highest BCUT2D eigenvalue weighted by atomic mass is 32.1. The molecule has 1 atom stereocenters. The Balaban J connectivity index is 1.69. The Labute approximate surface area is 175 Å². The van der Waals surface area contributed by atoms with Gasteiger partial charge in [-0.1, -0.05) is 23.5 Å². The number of benzene rings is 3. The number of hydrogen-bond acceptors (Lipinski definition) is 5. The summed E-state index contributed by atoms with van der Waals surface area (Å²) in [5.41, 5.74) is 1.59. The zero-order valence-corrected chi connectivity index (χ0v) is 17.1. The number of hydrogen-bond donors (Lipinski definition) is 2. The van der Waals surface area contributed by atoms with Crippen LogP contribution in [0, 0.1) is 5.82 Å². The van der Waals surface area contributed by atoms with Crippen molar-refractivity contribution in [3.63, 3.8) is 0 Å². The number of rotatable bonds is 4. The van der Waals surface area contributed by atoms with Crippen LogP contribution in [0.1, 0.15) is 18.5 Å². The van der Waals surface area contributed by atoms with E-state index in [1.807, 2.05) is 30.3 Å². The average Bonchev–Trinajstić information content (AvgIpc) is 3.17. The molecule has 2 heterocycles. The fourth-order valence-electron chi connectivity index (χ4n) is 3.79. The molecule has 0 saturated carbocycles. The smallest absolute Gasteiger partial charge is 0.256 e. The molecular weight excluding hydrogens is 401 g/mol. The Morgan fingerprint density at radius 3 is 2.83 bits per heavy atom. The molecule has 7 heteroatoms. The normalized spacial score (nSPS) is 12.5. The van der Waals surface area contributed by atoms with E-state index in [0.29, 0.717) is 10.8 Å². The van der Waals surface area contributed by atoms with E-state index < -0.39 is 0 Å². The van der Waals surface area contributed by atoms with Crippen LogP contribution in [0.15, 0.2) is 59.5 Å². The van der Waals surface area contributed by atoms with Crippen molar-refractivity contribution in [1.82, 2.24) is 9.97 Å². The van der Waals surface area contributed by atoms with Crippen LogP contribution < -0.4 is 15.6 Å². The van der Waals surface area contributed by atoms with Crippen LogP contribution in [0.5, 0.6) is 5.75 Å². The number of aromatic nitrogens is 2. The number of aromatic amines is 1. The second kappa shape index (κ2) is 7.11. The van der Waals surface area contributed by atoms with Crippen molar-refractivity contribution < 1.29 is 9.13 Å². The standard InChI is InChI=1S/C23H18FN3O2S/c1-12(13-4-3-5-15(10-13)29-2)26-23-27-20-16-7-6-14(24)11-18(16)19-17(21(20)30-23)8-9-25-22(19)28/h3-12H,1-2H3,(H,25,28)(H,26,27)/t12-/m0/s1. The molecule has 0 saturated heterocycles. The molecule has 3 aromatic carbocycles. The minimum atomic E-state index is -0.383. The van der Waals surface area contributed by atoms with Crippen LogP contribution in [-0.4, -0.2) is 17.1 Å². The van der Waals surface area contributed by atoms with Gasteiger partial charge in [0, 0.05) is 22.4 Å². The Bertz CT molecular complexity index is 1470. The first-order valence-corrected chi connectivity index (χ1v) is 10.3. The number of H-pyrrole nitrogens is 1. The van der Waals surface area contributed by atoms with Crippen molar-refractivity contribution in [2.75, 3.05) is 12.4 Å². The first-order valence-electron chi connectivity index (χ1n) is 9.49. The van der Waals surface area contributed by atoms with Gasteiger partial charge in [-0.05, 0) is 48.9 Å².